The molecule has 1 rings (SSSR count). The summed E-state index contributed by atoms with van der Waals surface area (Å²) in [6.45, 7) is 2.11. The van der Waals surface area contributed by atoms with E-state index in [2.05, 4.69) is 22.9 Å². The summed E-state index contributed by atoms with van der Waals surface area (Å²) < 4.78 is -1.73. The Balaban J connectivity index is 2.53. The van der Waals surface area contributed by atoms with Gasteiger partial charge >= 0.3 is 0 Å². The summed E-state index contributed by atoms with van der Waals surface area (Å²) in [4.78, 5) is 12.0. The van der Waals surface area contributed by atoms with Gasteiger partial charge in [0.1, 0.15) is 6.17 Å². The average Bonchev–Trinajstić information content (AvgIpc) is 2.51. The van der Waals surface area contributed by atoms with Gasteiger partial charge in [0.05, 0.1) is 0 Å². The number of unbranched alkanes of at least 4 members (excludes halogenated alkanes) is 3. The number of nitrogens with one attached hydrogen (secondary N) is 3. The van der Waals surface area contributed by atoms with Crippen LogP contribution in [-0.4, -0.2) is 21.0 Å². The third-order valence-electron chi connectivity index (χ3n) is 3.20. The second-order valence-corrected chi connectivity index (χ2v) is 8.09. The van der Waals surface area contributed by atoms with E-state index >= 15 is 0 Å². The summed E-state index contributed by atoms with van der Waals surface area (Å²) in [7, 11) is 0. The third-order valence-corrected chi connectivity index (χ3v) is 4.07. The van der Waals surface area contributed by atoms with Crippen LogP contribution >= 0.6 is 47.0 Å². The number of halogens is 3. The number of alkyl halides is 3. The molecule has 0 bridgehead atoms. The topological polar surface area (TPSA) is 53.2 Å². The fourth-order valence-electron chi connectivity index (χ4n) is 1.96. The number of hydrogen-bond donors (Lipinski definition) is 3. The lowest BCUT2D eigenvalue weighted by molar-refractivity contribution is -0.122. The molecule has 0 saturated carbocycles. The van der Waals surface area contributed by atoms with Gasteiger partial charge in [-0.15, -0.1) is 0 Å². The van der Waals surface area contributed by atoms with Crippen LogP contribution in [0.2, 0.25) is 0 Å². The number of rotatable bonds is 8. The maximum Gasteiger partial charge on any atom is 0.228 e. The number of hydrogen-bond acceptors (Lipinski definition) is 2. The van der Waals surface area contributed by atoms with Gasteiger partial charge in [-0.2, -0.15) is 0 Å². The lowest BCUT2D eigenvalue weighted by atomic mass is 10.1. The minimum atomic E-state index is -1.73. The van der Waals surface area contributed by atoms with E-state index in [1.165, 1.54) is 0 Å². The smallest absolute Gasteiger partial charge is 0.228 e. The van der Waals surface area contributed by atoms with E-state index in [1.807, 2.05) is 30.3 Å². The molecule has 3 N–H and O–H groups in total. The van der Waals surface area contributed by atoms with E-state index in [0.29, 0.717) is 6.42 Å². The molecular weight excluding hydrogens is 389 g/mol. The Bertz CT molecular complexity index is 523. The molecule has 134 valence electrons. The van der Waals surface area contributed by atoms with Crippen molar-refractivity contribution in [3.8, 4) is 0 Å². The molecule has 8 heteroatoms. The van der Waals surface area contributed by atoms with Crippen molar-refractivity contribution in [1.29, 1.82) is 0 Å². The van der Waals surface area contributed by atoms with Crippen molar-refractivity contribution < 1.29 is 4.79 Å². The van der Waals surface area contributed by atoms with Gasteiger partial charge in [-0.25, -0.2) is 0 Å². The van der Waals surface area contributed by atoms with Crippen molar-refractivity contribution >= 4 is 63.7 Å². The minimum Gasteiger partial charge on any atom is -0.339 e. The van der Waals surface area contributed by atoms with Gasteiger partial charge in [-0.05, 0) is 30.8 Å². The second-order valence-electron chi connectivity index (χ2n) is 5.32. The van der Waals surface area contributed by atoms with Gasteiger partial charge in [0.25, 0.3) is 0 Å². The van der Waals surface area contributed by atoms with E-state index in [-0.39, 0.29) is 11.0 Å². The van der Waals surface area contributed by atoms with Gasteiger partial charge in [0.2, 0.25) is 9.70 Å². The van der Waals surface area contributed by atoms with E-state index < -0.39 is 9.96 Å². The zero-order chi connectivity index (χ0) is 18.0. The Morgan fingerprint density at radius 2 is 1.79 bits per heavy atom. The van der Waals surface area contributed by atoms with Crippen molar-refractivity contribution in [3.63, 3.8) is 0 Å². The van der Waals surface area contributed by atoms with Crippen molar-refractivity contribution in [1.82, 2.24) is 10.6 Å². The molecule has 0 saturated heterocycles. The summed E-state index contributed by atoms with van der Waals surface area (Å²) in [6.07, 6.45) is 3.48. The number of benzene rings is 1. The average molecular weight is 411 g/mol. The highest BCUT2D eigenvalue weighted by molar-refractivity contribution is 7.80. The Morgan fingerprint density at radius 1 is 1.12 bits per heavy atom. The lowest BCUT2D eigenvalue weighted by Gasteiger charge is -2.27. The lowest BCUT2D eigenvalue weighted by Crippen LogP contribution is -2.56. The minimum absolute atomic E-state index is 0.183. The number of carbonyl (C=O) groups is 1. The molecule has 0 aromatic heterocycles. The van der Waals surface area contributed by atoms with Crippen LogP contribution in [0.4, 0.5) is 5.69 Å². The molecule has 1 atom stereocenters. The van der Waals surface area contributed by atoms with Gasteiger partial charge in [0.15, 0.2) is 5.11 Å². The Kier molecular flexibility index (Phi) is 9.74. The second kappa shape index (κ2) is 11.0. The predicted molar refractivity (Wildman–Crippen MR) is 107 cm³/mol. The number of carbonyl (C=O) groups excluding carboxylic acids is 1. The molecule has 1 amide bonds. The zero-order valence-corrected chi connectivity index (χ0v) is 16.5. The molecule has 24 heavy (non-hydrogen) atoms. The molecule has 0 radical (unpaired) electrons. The molecule has 1 aromatic rings. The van der Waals surface area contributed by atoms with Gasteiger partial charge in [-0.1, -0.05) is 79.2 Å². The summed E-state index contributed by atoms with van der Waals surface area (Å²) in [6, 6.07) is 9.34. The quantitative estimate of drug-likeness (QED) is 0.250. The SMILES string of the molecule is CCCCCCC(=O)N[C@H](NC(=S)Nc1ccccc1)C(Cl)(Cl)Cl. The molecule has 0 aliphatic heterocycles. The summed E-state index contributed by atoms with van der Waals surface area (Å²) in [5, 5.41) is 8.73. The molecule has 0 aliphatic rings. The number of anilines is 1. The van der Waals surface area contributed by atoms with Crippen LogP contribution in [0.5, 0.6) is 0 Å². The maximum absolute atomic E-state index is 12.0. The summed E-state index contributed by atoms with van der Waals surface area (Å²) >= 11 is 23.0. The van der Waals surface area contributed by atoms with Gasteiger partial charge in [-0.3, -0.25) is 4.79 Å². The summed E-state index contributed by atoms with van der Waals surface area (Å²) in [5.74, 6) is -0.183. The van der Waals surface area contributed by atoms with Crippen LogP contribution in [0, 0.1) is 0 Å². The largest absolute Gasteiger partial charge is 0.339 e. The van der Waals surface area contributed by atoms with Crippen molar-refractivity contribution in [2.24, 2.45) is 0 Å². The summed E-state index contributed by atoms with van der Waals surface area (Å²) in [5.41, 5.74) is 0.795. The predicted octanol–water partition coefficient (Wildman–Crippen LogP) is 4.76. The number of para-hydroxylation sites is 1. The molecule has 0 unspecified atom stereocenters. The molecule has 0 heterocycles. The monoisotopic (exact) mass is 409 g/mol. The fourth-order valence-corrected chi connectivity index (χ4v) is 2.53. The van der Waals surface area contributed by atoms with Crippen molar-refractivity contribution in [2.75, 3.05) is 5.32 Å². The normalized spacial score (nSPS) is 12.3. The highest BCUT2D eigenvalue weighted by Gasteiger charge is 2.34. The number of thiocarbonyl (C=S) groups is 1. The Labute approximate surface area is 163 Å². The van der Waals surface area contributed by atoms with E-state index in [0.717, 1.165) is 31.4 Å². The van der Waals surface area contributed by atoms with Crippen molar-refractivity contribution in [3.05, 3.63) is 30.3 Å². The first-order chi connectivity index (χ1) is 11.3. The molecule has 4 nitrogen and oxygen atoms in total. The van der Waals surface area contributed by atoms with E-state index in [9.17, 15) is 4.79 Å². The molecular formula is C16H22Cl3N3OS. The first kappa shape index (κ1) is 21.3. The van der Waals surface area contributed by atoms with Crippen LogP contribution < -0.4 is 16.0 Å². The van der Waals surface area contributed by atoms with Crippen LogP contribution in [0.15, 0.2) is 30.3 Å². The molecule has 0 spiro atoms. The van der Waals surface area contributed by atoms with E-state index in [4.69, 9.17) is 47.0 Å². The van der Waals surface area contributed by atoms with Gasteiger partial charge < -0.3 is 16.0 Å². The fraction of sp³-hybridized carbons (Fsp3) is 0.500. The van der Waals surface area contributed by atoms with E-state index in [1.54, 1.807) is 0 Å². The van der Waals surface area contributed by atoms with Crippen LogP contribution in [0.1, 0.15) is 39.0 Å². The highest BCUT2D eigenvalue weighted by Crippen LogP contribution is 2.29. The van der Waals surface area contributed by atoms with Crippen LogP contribution in [0.25, 0.3) is 0 Å². The molecule has 1 aromatic carbocycles. The third kappa shape index (κ3) is 8.92. The molecule has 0 fully saturated rings. The Hall–Kier alpha value is -0.750. The molecule has 0 aliphatic carbocycles. The number of amides is 1. The Morgan fingerprint density at radius 3 is 2.38 bits per heavy atom. The maximum atomic E-state index is 12.0. The van der Waals surface area contributed by atoms with Crippen molar-refractivity contribution in [2.45, 2.75) is 49.0 Å². The zero-order valence-electron chi connectivity index (χ0n) is 13.5. The van der Waals surface area contributed by atoms with Crippen LogP contribution in [0.3, 0.4) is 0 Å². The first-order valence-electron chi connectivity index (χ1n) is 7.81. The van der Waals surface area contributed by atoms with Crippen LogP contribution in [-0.2, 0) is 4.79 Å². The first-order valence-corrected chi connectivity index (χ1v) is 9.35. The standard InChI is InChI=1S/C16H22Cl3N3OS/c1-2-3-4-8-11-13(23)21-14(16(17,18)19)22-15(24)20-12-9-6-5-7-10-12/h5-7,9-10,14H,2-4,8,11H2,1H3,(H,21,23)(H2,20,22,24)/t14-/m1/s1. The van der Waals surface area contributed by atoms with Gasteiger partial charge in [0, 0.05) is 12.1 Å². The highest BCUT2D eigenvalue weighted by atomic mass is 35.6.